The Labute approximate surface area is 235 Å². The first-order valence-corrected chi connectivity index (χ1v) is 13.0. The Morgan fingerprint density at radius 3 is 2.38 bits per heavy atom. The van der Waals surface area contributed by atoms with E-state index in [4.69, 9.17) is 40.0 Å². The molecule has 10 nitrogen and oxygen atoms in total. The second-order valence-electron chi connectivity index (χ2n) is 9.28. The third kappa shape index (κ3) is 5.08. The molecule has 40 heavy (non-hydrogen) atoms. The molecule has 2 fully saturated rings. The summed E-state index contributed by atoms with van der Waals surface area (Å²) in [5, 5.41) is 4.44. The molecule has 3 heterocycles. The lowest BCUT2D eigenvalue weighted by Gasteiger charge is -2.19. The summed E-state index contributed by atoms with van der Waals surface area (Å²) >= 11 is 6.60. The number of halogens is 1. The lowest BCUT2D eigenvalue weighted by molar-refractivity contribution is -0.0190. The number of nitrogens with one attached hydrogen (secondary N) is 1. The Kier molecular flexibility index (Phi) is 7.29. The molecule has 6 rings (SSSR count). The van der Waals surface area contributed by atoms with Crippen molar-refractivity contribution in [1.29, 1.82) is 0 Å². The number of ether oxygens (including phenoxy) is 6. The van der Waals surface area contributed by atoms with Crippen molar-refractivity contribution in [2.24, 2.45) is 0 Å². The molecule has 0 unspecified atom stereocenters. The van der Waals surface area contributed by atoms with Gasteiger partial charge in [0.15, 0.2) is 23.7 Å². The molecule has 0 aliphatic carbocycles. The third-order valence-electron chi connectivity index (χ3n) is 6.84. The zero-order chi connectivity index (χ0) is 27.6. The smallest absolute Gasteiger partial charge is 0.338 e. The zero-order valence-corrected chi connectivity index (χ0v) is 22.5. The standard InChI is InChI=1S/C29H26ClN3O7/c1-35-22-11-18-20(12-23(22)36-2)31-15-32-28(18)33-17-8-9-21(19(30)10-17)39-24-13-37-27-25(14-38-26(24)27)40-29(34)16-6-4-3-5-7-16/h3-12,15,24-27H,13-14H2,1-2H3,(H,31,32,33)/t24-,25-,26+,27+/m0/s1. The number of esters is 1. The first-order chi connectivity index (χ1) is 19.5. The maximum absolute atomic E-state index is 12.5. The van der Waals surface area contributed by atoms with Gasteiger partial charge in [-0.2, -0.15) is 0 Å². The molecule has 4 atom stereocenters. The first-order valence-electron chi connectivity index (χ1n) is 12.6. The van der Waals surface area contributed by atoms with E-state index in [0.717, 1.165) is 5.39 Å². The van der Waals surface area contributed by atoms with Crippen LogP contribution in [0.15, 0.2) is 67.0 Å². The first kappa shape index (κ1) is 26.1. The van der Waals surface area contributed by atoms with Crippen LogP contribution in [0.25, 0.3) is 10.9 Å². The molecule has 0 saturated carbocycles. The Balaban J connectivity index is 1.13. The van der Waals surface area contributed by atoms with Gasteiger partial charge in [0.05, 0.1) is 43.5 Å². The molecule has 0 radical (unpaired) electrons. The van der Waals surface area contributed by atoms with Crippen molar-refractivity contribution in [3.63, 3.8) is 0 Å². The SMILES string of the molecule is COc1cc2ncnc(Nc3ccc(O[C@H]4CO[C@H]5[C@@H]4OC[C@@H]5OC(=O)c4ccccc4)c(Cl)c3)c2cc1OC. The lowest BCUT2D eigenvalue weighted by Crippen LogP contribution is -2.36. The summed E-state index contributed by atoms with van der Waals surface area (Å²) in [6.07, 6.45) is -0.261. The van der Waals surface area contributed by atoms with E-state index in [1.165, 1.54) is 6.33 Å². The van der Waals surface area contributed by atoms with Gasteiger partial charge in [0.25, 0.3) is 0 Å². The van der Waals surface area contributed by atoms with Crippen LogP contribution < -0.4 is 19.5 Å². The molecule has 2 aliphatic rings. The van der Waals surface area contributed by atoms with Crippen LogP contribution >= 0.6 is 11.6 Å². The van der Waals surface area contributed by atoms with E-state index in [0.29, 0.717) is 44.9 Å². The summed E-state index contributed by atoms with van der Waals surface area (Å²) in [4.78, 5) is 21.2. The number of aromatic nitrogens is 2. The minimum Gasteiger partial charge on any atom is -0.493 e. The van der Waals surface area contributed by atoms with Crippen LogP contribution in [0.3, 0.4) is 0 Å². The maximum atomic E-state index is 12.5. The fourth-order valence-electron chi connectivity index (χ4n) is 4.87. The number of nitrogens with zero attached hydrogens (tertiary/aromatic N) is 2. The molecule has 2 aliphatic heterocycles. The fourth-order valence-corrected chi connectivity index (χ4v) is 5.09. The molecule has 0 spiro atoms. The number of benzene rings is 3. The molecule has 2 saturated heterocycles. The Morgan fingerprint density at radius 1 is 0.900 bits per heavy atom. The van der Waals surface area contributed by atoms with E-state index in [-0.39, 0.29) is 19.3 Å². The van der Waals surface area contributed by atoms with Gasteiger partial charge in [0.1, 0.15) is 30.1 Å². The molecule has 3 aromatic carbocycles. The molecule has 0 bridgehead atoms. The Morgan fingerprint density at radius 2 is 1.62 bits per heavy atom. The number of carbonyl (C=O) groups excluding carboxylic acids is 1. The highest BCUT2D eigenvalue weighted by Crippen LogP contribution is 2.37. The van der Waals surface area contributed by atoms with Gasteiger partial charge < -0.3 is 33.7 Å². The van der Waals surface area contributed by atoms with Gasteiger partial charge in [0.2, 0.25) is 0 Å². The molecule has 1 aromatic heterocycles. The minimum atomic E-state index is -0.519. The van der Waals surface area contributed by atoms with Gasteiger partial charge in [-0.15, -0.1) is 0 Å². The van der Waals surface area contributed by atoms with Gasteiger partial charge in [0, 0.05) is 17.1 Å². The van der Waals surface area contributed by atoms with E-state index >= 15 is 0 Å². The summed E-state index contributed by atoms with van der Waals surface area (Å²) in [6.45, 7) is 0.511. The van der Waals surface area contributed by atoms with Crippen molar-refractivity contribution in [2.45, 2.75) is 24.4 Å². The van der Waals surface area contributed by atoms with E-state index in [2.05, 4.69) is 15.3 Å². The summed E-state index contributed by atoms with van der Waals surface area (Å²) in [7, 11) is 3.15. The number of hydrogen-bond acceptors (Lipinski definition) is 10. The van der Waals surface area contributed by atoms with E-state index in [1.54, 1.807) is 56.7 Å². The lowest BCUT2D eigenvalue weighted by atomic mass is 10.1. The molecule has 4 aromatic rings. The van der Waals surface area contributed by atoms with E-state index in [9.17, 15) is 4.79 Å². The highest BCUT2D eigenvalue weighted by molar-refractivity contribution is 6.32. The highest BCUT2D eigenvalue weighted by atomic mass is 35.5. The van der Waals surface area contributed by atoms with E-state index < -0.39 is 24.3 Å². The predicted molar refractivity (Wildman–Crippen MR) is 147 cm³/mol. The highest BCUT2D eigenvalue weighted by Gasteiger charge is 2.50. The van der Waals surface area contributed by atoms with Crippen molar-refractivity contribution in [3.05, 3.63) is 77.6 Å². The van der Waals surface area contributed by atoms with Crippen LogP contribution in [0.2, 0.25) is 5.02 Å². The van der Waals surface area contributed by atoms with E-state index in [1.807, 2.05) is 18.2 Å². The Hall–Kier alpha value is -4.12. The Bertz CT molecular complexity index is 1540. The quantitative estimate of drug-likeness (QED) is 0.300. The maximum Gasteiger partial charge on any atom is 0.338 e. The minimum absolute atomic E-state index is 0.230. The average molecular weight is 564 g/mol. The number of methoxy groups -OCH3 is 2. The molecule has 11 heteroatoms. The van der Waals surface area contributed by atoms with Crippen molar-refractivity contribution >= 4 is 40.0 Å². The summed E-state index contributed by atoms with van der Waals surface area (Å²) < 4.78 is 34.5. The molecule has 0 amide bonds. The largest absolute Gasteiger partial charge is 0.493 e. The van der Waals surface area contributed by atoms with Crippen molar-refractivity contribution in [1.82, 2.24) is 9.97 Å². The summed E-state index contributed by atoms with van der Waals surface area (Å²) in [5.74, 6) is 1.79. The number of anilines is 2. The second-order valence-corrected chi connectivity index (χ2v) is 9.69. The summed E-state index contributed by atoms with van der Waals surface area (Å²) in [5.41, 5.74) is 1.88. The average Bonchev–Trinajstić information content (AvgIpc) is 3.57. The van der Waals surface area contributed by atoms with Gasteiger partial charge in [-0.1, -0.05) is 29.8 Å². The van der Waals surface area contributed by atoms with Crippen LogP contribution in [0, 0.1) is 0 Å². The molecular formula is C29H26ClN3O7. The van der Waals surface area contributed by atoms with Gasteiger partial charge >= 0.3 is 5.97 Å². The van der Waals surface area contributed by atoms with Crippen LogP contribution in [-0.2, 0) is 14.2 Å². The number of carbonyl (C=O) groups is 1. The fraction of sp³-hybridized carbons (Fsp3) is 0.276. The topological polar surface area (TPSA) is 110 Å². The van der Waals surface area contributed by atoms with Crippen LogP contribution in [-0.4, -0.2) is 67.8 Å². The molecular weight excluding hydrogens is 538 g/mol. The molecule has 206 valence electrons. The monoisotopic (exact) mass is 563 g/mol. The second kappa shape index (κ2) is 11.2. The van der Waals surface area contributed by atoms with Crippen LogP contribution in [0.4, 0.5) is 11.5 Å². The molecule has 1 N–H and O–H groups in total. The van der Waals surface area contributed by atoms with Crippen LogP contribution in [0.5, 0.6) is 17.2 Å². The summed E-state index contributed by atoms with van der Waals surface area (Å²) in [6, 6.07) is 17.8. The van der Waals surface area contributed by atoms with Gasteiger partial charge in [-0.05, 0) is 36.4 Å². The predicted octanol–water partition coefficient (Wildman–Crippen LogP) is 4.81. The number of rotatable bonds is 8. The van der Waals surface area contributed by atoms with Crippen LogP contribution in [0.1, 0.15) is 10.4 Å². The number of hydrogen-bond donors (Lipinski definition) is 1. The zero-order valence-electron chi connectivity index (χ0n) is 21.7. The normalized spacial score (nSPS) is 21.6. The van der Waals surface area contributed by atoms with Gasteiger partial charge in [-0.3, -0.25) is 0 Å². The van der Waals surface area contributed by atoms with Crippen molar-refractivity contribution in [2.75, 3.05) is 32.8 Å². The van der Waals surface area contributed by atoms with Crippen molar-refractivity contribution in [3.8, 4) is 17.2 Å². The third-order valence-corrected chi connectivity index (χ3v) is 7.14. The van der Waals surface area contributed by atoms with Crippen molar-refractivity contribution < 1.29 is 33.2 Å². The van der Waals surface area contributed by atoms with Gasteiger partial charge in [-0.25, -0.2) is 14.8 Å². The number of fused-ring (bicyclic) bond motifs is 2.